The molecule has 1 heterocycles. The summed E-state index contributed by atoms with van der Waals surface area (Å²) in [6, 6.07) is 0.475. The number of carbonyl (C=O) groups excluding carboxylic acids is 1. The standard InChI is InChI=1S/C20H33NO2/c1-6-7-8-16(23-5)14(2)18(22)21-12-11-20-10-9-15(13-17(20)21)19(20,3)4/h6,14-17H,1,7-13H2,2-5H3/t14-,15?,16-,17?,20?/m1/s1. The molecule has 3 nitrogen and oxygen atoms in total. The van der Waals surface area contributed by atoms with Gasteiger partial charge < -0.3 is 9.64 Å². The van der Waals surface area contributed by atoms with Gasteiger partial charge in [0.05, 0.1) is 12.0 Å². The number of hydrogen-bond donors (Lipinski definition) is 0. The molecule has 0 aromatic heterocycles. The Morgan fingerprint density at radius 3 is 2.78 bits per heavy atom. The summed E-state index contributed by atoms with van der Waals surface area (Å²) >= 11 is 0. The van der Waals surface area contributed by atoms with E-state index in [1.54, 1.807) is 7.11 Å². The number of likely N-dealkylation sites (tertiary alicyclic amines) is 1. The zero-order chi connectivity index (χ0) is 16.8. The summed E-state index contributed by atoms with van der Waals surface area (Å²) in [6.45, 7) is 11.7. The van der Waals surface area contributed by atoms with Crippen molar-refractivity contribution in [2.24, 2.45) is 22.7 Å². The van der Waals surface area contributed by atoms with Gasteiger partial charge in [-0.15, -0.1) is 6.58 Å². The van der Waals surface area contributed by atoms with E-state index in [9.17, 15) is 4.79 Å². The van der Waals surface area contributed by atoms with Gasteiger partial charge in [0.25, 0.3) is 0 Å². The number of hydrogen-bond acceptors (Lipinski definition) is 2. The van der Waals surface area contributed by atoms with Crippen molar-refractivity contribution in [3.05, 3.63) is 12.7 Å². The molecule has 3 unspecified atom stereocenters. The summed E-state index contributed by atoms with van der Waals surface area (Å²) in [4.78, 5) is 15.4. The Morgan fingerprint density at radius 1 is 1.43 bits per heavy atom. The van der Waals surface area contributed by atoms with Gasteiger partial charge in [0.2, 0.25) is 5.91 Å². The third-order valence-corrected chi connectivity index (χ3v) is 7.75. The van der Waals surface area contributed by atoms with Crippen LogP contribution in [-0.2, 0) is 9.53 Å². The molecule has 2 aliphatic carbocycles. The molecule has 5 atom stereocenters. The molecule has 3 heteroatoms. The molecular weight excluding hydrogens is 286 g/mol. The Kier molecular flexibility index (Phi) is 4.37. The van der Waals surface area contributed by atoms with Crippen molar-refractivity contribution in [1.82, 2.24) is 4.90 Å². The second-order valence-electron chi connectivity index (χ2n) is 8.58. The molecular formula is C20H33NO2. The minimum absolute atomic E-state index is 0.00338. The van der Waals surface area contributed by atoms with Crippen LogP contribution in [0.1, 0.15) is 59.3 Å². The van der Waals surface area contributed by atoms with Gasteiger partial charge in [0.1, 0.15) is 0 Å². The first kappa shape index (κ1) is 17.0. The van der Waals surface area contributed by atoms with E-state index >= 15 is 0 Å². The summed E-state index contributed by atoms with van der Waals surface area (Å²) in [7, 11) is 1.73. The lowest BCUT2D eigenvalue weighted by Crippen LogP contribution is -2.46. The van der Waals surface area contributed by atoms with Crippen LogP contribution < -0.4 is 0 Å². The van der Waals surface area contributed by atoms with Crippen molar-refractivity contribution in [1.29, 1.82) is 0 Å². The molecule has 0 N–H and O–H groups in total. The average Bonchev–Trinajstić information content (AvgIpc) is 3.11. The Labute approximate surface area is 141 Å². The fourth-order valence-corrected chi connectivity index (χ4v) is 6.08. The normalized spacial score (nSPS) is 36.8. The zero-order valence-electron chi connectivity index (χ0n) is 15.3. The van der Waals surface area contributed by atoms with E-state index in [4.69, 9.17) is 4.74 Å². The Hall–Kier alpha value is -0.830. The van der Waals surface area contributed by atoms with Crippen LogP contribution in [0, 0.1) is 22.7 Å². The highest BCUT2D eigenvalue weighted by Gasteiger charge is 2.68. The molecule has 0 radical (unpaired) electrons. The van der Waals surface area contributed by atoms with E-state index in [2.05, 4.69) is 25.3 Å². The van der Waals surface area contributed by atoms with Gasteiger partial charge in [-0.05, 0) is 55.3 Å². The van der Waals surface area contributed by atoms with E-state index in [1.165, 1.54) is 25.7 Å². The van der Waals surface area contributed by atoms with Crippen LogP contribution in [0.25, 0.3) is 0 Å². The fraction of sp³-hybridized carbons (Fsp3) is 0.850. The van der Waals surface area contributed by atoms with Crippen LogP contribution in [0.3, 0.4) is 0 Å². The number of nitrogens with zero attached hydrogens (tertiary/aromatic N) is 1. The van der Waals surface area contributed by atoms with Gasteiger partial charge >= 0.3 is 0 Å². The smallest absolute Gasteiger partial charge is 0.228 e. The highest BCUT2D eigenvalue weighted by Crippen LogP contribution is 2.70. The lowest BCUT2D eigenvalue weighted by molar-refractivity contribution is -0.141. The maximum absolute atomic E-state index is 13.2. The predicted octanol–water partition coefficient (Wildman–Crippen LogP) is 4.03. The fourth-order valence-electron chi connectivity index (χ4n) is 6.08. The van der Waals surface area contributed by atoms with E-state index in [-0.39, 0.29) is 12.0 Å². The lowest BCUT2D eigenvalue weighted by Gasteiger charge is -2.39. The molecule has 1 amide bonds. The van der Waals surface area contributed by atoms with E-state index in [1.807, 2.05) is 13.0 Å². The molecule has 1 aliphatic heterocycles. The number of methoxy groups -OCH3 is 1. The molecule has 130 valence electrons. The van der Waals surface area contributed by atoms with Crippen molar-refractivity contribution < 1.29 is 9.53 Å². The molecule has 3 fully saturated rings. The first-order chi connectivity index (χ1) is 10.9. The van der Waals surface area contributed by atoms with Gasteiger partial charge in [-0.3, -0.25) is 4.79 Å². The van der Waals surface area contributed by atoms with Crippen molar-refractivity contribution in [3.8, 4) is 0 Å². The van der Waals surface area contributed by atoms with Crippen LogP contribution in [0.15, 0.2) is 12.7 Å². The molecule has 2 saturated carbocycles. The first-order valence-corrected chi connectivity index (χ1v) is 9.33. The molecule has 1 spiro atoms. The molecule has 23 heavy (non-hydrogen) atoms. The van der Waals surface area contributed by atoms with Crippen LogP contribution in [-0.4, -0.2) is 36.6 Å². The van der Waals surface area contributed by atoms with Gasteiger partial charge in [-0.2, -0.15) is 0 Å². The minimum Gasteiger partial charge on any atom is -0.381 e. The summed E-state index contributed by atoms with van der Waals surface area (Å²) < 4.78 is 5.61. The number of carbonyl (C=O) groups is 1. The summed E-state index contributed by atoms with van der Waals surface area (Å²) in [5.74, 6) is 1.06. The van der Waals surface area contributed by atoms with E-state index in [0.717, 1.165) is 25.3 Å². The number of ether oxygens (including phenoxy) is 1. The maximum atomic E-state index is 13.2. The summed E-state index contributed by atoms with van der Waals surface area (Å²) in [5, 5.41) is 0. The largest absolute Gasteiger partial charge is 0.381 e. The van der Waals surface area contributed by atoms with E-state index in [0.29, 0.717) is 22.8 Å². The Morgan fingerprint density at radius 2 is 2.17 bits per heavy atom. The summed E-state index contributed by atoms with van der Waals surface area (Å²) in [6.07, 6.45) is 8.79. The molecule has 0 aromatic carbocycles. The van der Waals surface area contributed by atoms with Gasteiger partial charge in [-0.25, -0.2) is 0 Å². The maximum Gasteiger partial charge on any atom is 0.228 e. The zero-order valence-corrected chi connectivity index (χ0v) is 15.3. The number of amides is 1. The monoisotopic (exact) mass is 319 g/mol. The van der Waals surface area contributed by atoms with Crippen molar-refractivity contribution in [2.45, 2.75) is 71.4 Å². The molecule has 3 rings (SSSR count). The van der Waals surface area contributed by atoms with Crippen LogP contribution in [0.2, 0.25) is 0 Å². The third kappa shape index (κ3) is 2.30. The SMILES string of the molecule is C=CCC[C@@H](OC)[C@@H](C)C(=O)N1CCC23CCC(CC12)C3(C)C. The Balaban J connectivity index is 1.73. The highest BCUT2D eigenvalue weighted by molar-refractivity contribution is 5.80. The number of allylic oxidation sites excluding steroid dienone is 1. The summed E-state index contributed by atoms with van der Waals surface area (Å²) in [5.41, 5.74) is 0.788. The van der Waals surface area contributed by atoms with Crippen LogP contribution >= 0.6 is 0 Å². The van der Waals surface area contributed by atoms with Crippen LogP contribution in [0.4, 0.5) is 0 Å². The van der Waals surface area contributed by atoms with Crippen LogP contribution in [0.5, 0.6) is 0 Å². The minimum atomic E-state index is -0.0580. The van der Waals surface area contributed by atoms with Crippen molar-refractivity contribution >= 4 is 5.91 Å². The van der Waals surface area contributed by atoms with Gasteiger partial charge in [0, 0.05) is 19.7 Å². The van der Waals surface area contributed by atoms with Crippen molar-refractivity contribution in [2.75, 3.05) is 13.7 Å². The molecule has 3 aliphatic rings. The quantitative estimate of drug-likeness (QED) is 0.692. The lowest BCUT2D eigenvalue weighted by atomic mass is 9.67. The predicted molar refractivity (Wildman–Crippen MR) is 93.1 cm³/mol. The van der Waals surface area contributed by atoms with Gasteiger partial charge in [-0.1, -0.05) is 26.8 Å². The Bertz CT molecular complexity index is 486. The molecule has 1 saturated heterocycles. The topological polar surface area (TPSA) is 29.5 Å². The number of fused-ring (bicyclic) bond motifs is 1. The van der Waals surface area contributed by atoms with Gasteiger partial charge in [0.15, 0.2) is 0 Å². The third-order valence-electron chi connectivity index (χ3n) is 7.75. The average molecular weight is 319 g/mol. The first-order valence-electron chi connectivity index (χ1n) is 9.33. The van der Waals surface area contributed by atoms with Crippen molar-refractivity contribution in [3.63, 3.8) is 0 Å². The molecule has 0 aromatic rings. The number of rotatable bonds is 6. The highest BCUT2D eigenvalue weighted by atomic mass is 16.5. The second kappa shape index (κ2) is 5.91. The molecule has 2 bridgehead atoms. The second-order valence-corrected chi connectivity index (χ2v) is 8.58. The van der Waals surface area contributed by atoms with E-state index < -0.39 is 0 Å².